The van der Waals surface area contributed by atoms with E-state index < -0.39 is 17.9 Å². The Morgan fingerprint density at radius 3 is 2.31 bits per heavy atom. The molecule has 3 aromatic carbocycles. The summed E-state index contributed by atoms with van der Waals surface area (Å²) >= 11 is 11.9. The lowest BCUT2D eigenvalue weighted by atomic mass is 10.0. The fourth-order valence-corrected chi connectivity index (χ4v) is 3.33. The van der Waals surface area contributed by atoms with Crippen molar-refractivity contribution >= 4 is 41.2 Å². The Bertz CT molecular complexity index is 1200. The van der Waals surface area contributed by atoms with Gasteiger partial charge in [-0.1, -0.05) is 49.2 Å². The van der Waals surface area contributed by atoms with E-state index in [9.17, 15) is 14.0 Å². The molecule has 35 heavy (non-hydrogen) atoms. The maximum Gasteiger partial charge on any atom is 0.262 e. The maximum absolute atomic E-state index is 13.0. The first kappa shape index (κ1) is 26.2. The fourth-order valence-electron chi connectivity index (χ4n) is 3.03. The Morgan fingerprint density at radius 1 is 1.00 bits per heavy atom. The average Bonchev–Trinajstić information content (AvgIpc) is 2.84. The highest BCUT2D eigenvalue weighted by atomic mass is 35.5. The first-order chi connectivity index (χ1) is 16.7. The number of ether oxygens (including phenoxy) is 1. The van der Waals surface area contributed by atoms with Crippen LogP contribution in [-0.2, 0) is 11.4 Å². The number of hydrogen-bond acceptors (Lipinski definition) is 4. The van der Waals surface area contributed by atoms with Gasteiger partial charge in [-0.15, -0.1) is 0 Å². The minimum Gasteiger partial charge on any atom is -0.489 e. The van der Waals surface area contributed by atoms with Crippen molar-refractivity contribution < 1.29 is 18.7 Å². The van der Waals surface area contributed by atoms with Gasteiger partial charge in [0, 0.05) is 5.56 Å². The zero-order valence-electron chi connectivity index (χ0n) is 19.1. The van der Waals surface area contributed by atoms with Crippen molar-refractivity contribution in [1.29, 1.82) is 0 Å². The van der Waals surface area contributed by atoms with Crippen LogP contribution in [0.15, 0.2) is 71.8 Å². The number of halogens is 3. The van der Waals surface area contributed by atoms with Crippen LogP contribution in [0.2, 0.25) is 10.0 Å². The molecule has 0 saturated heterocycles. The summed E-state index contributed by atoms with van der Waals surface area (Å²) in [5, 5.41) is 7.28. The summed E-state index contributed by atoms with van der Waals surface area (Å²) in [6.45, 7) is 3.94. The van der Waals surface area contributed by atoms with Crippen LogP contribution in [0.4, 0.5) is 4.39 Å². The van der Waals surface area contributed by atoms with Crippen LogP contribution in [0.25, 0.3) is 0 Å². The van der Waals surface area contributed by atoms with Gasteiger partial charge in [-0.2, -0.15) is 5.10 Å². The second kappa shape index (κ2) is 12.3. The third-order valence-electron chi connectivity index (χ3n) is 5.00. The van der Waals surface area contributed by atoms with Crippen molar-refractivity contribution in [3.05, 3.63) is 99.3 Å². The molecule has 0 bridgehead atoms. The minimum atomic E-state index is -0.809. The standard InChI is InChI=1S/C26H24Cl2FN3O3/c1-16(2)24(31-25(33)19-7-12-22(27)23(28)13-19)26(34)32-30-14-17-5-10-21(11-6-17)35-15-18-3-8-20(29)9-4-18/h3-14,16,24H,15H2,1-2H3,(H,31,33)(H,32,34)/b30-14-. The van der Waals surface area contributed by atoms with E-state index in [2.05, 4.69) is 15.8 Å². The SMILES string of the molecule is CC(C)C(NC(=O)c1ccc(Cl)c(Cl)c1)C(=O)N/N=C\c1ccc(OCc2ccc(F)cc2)cc1. The molecule has 1 atom stereocenters. The molecule has 0 fully saturated rings. The molecule has 9 heteroatoms. The van der Waals surface area contributed by atoms with Gasteiger partial charge in [-0.25, -0.2) is 9.82 Å². The largest absolute Gasteiger partial charge is 0.489 e. The molecule has 0 heterocycles. The Balaban J connectivity index is 1.53. The van der Waals surface area contributed by atoms with Gasteiger partial charge in [0.15, 0.2) is 0 Å². The van der Waals surface area contributed by atoms with E-state index in [4.69, 9.17) is 27.9 Å². The third kappa shape index (κ3) is 7.80. The van der Waals surface area contributed by atoms with Crippen LogP contribution in [-0.4, -0.2) is 24.1 Å². The number of rotatable bonds is 9. The predicted octanol–water partition coefficient (Wildman–Crippen LogP) is 5.62. The summed E-state index contributed by atoms with van der Waals surface area (Å²) in [5.74, 6) is -0.741. The summed E-state index contributed by atoms with van der Waals surface area (Å²) in [6.07, 6.45) is 1.49. The van der Waals surface area contributed by atoms with Gasteiger partial charge in [0.05, 0.1) is 16.3 Å². The van der Waals surface area contributed by atoms with Crippen LogP contribution in [0.5, 0.6) is 5.75 Å². The molecule has 0 aromatic heterocycles. The normalized spacial score (nSPS) is 11.9. The highest BCUT2D eigenvalue weighted by Crippen LogP contribution is 2.22. The van der Waals surface area contributed by atoms with E-state index in [0.29, 0.717) is 22.9 Å². The van der Waals surface area contributed by atoms with Crippen molar-refractivity contribution in [2.75, 3.05) is 0 Å². The maximum atomic E-state index is 13.0. The Morgan fingerprint density at radius 2 is 1.69 bits per heavy atom. The molecule has 0 aliphatic rings. The van der Waals surface area contributed by atoms with Crippen LogP contribution in [0, 0.1) is 11.7 Å². The Labute approximate surface area is 213 Å². The summed E-state index contributed by atoms with van der Waals surface area (Å²) in [6, 6.07) is 16.9. The highest BCUT2D eigenvalue weighted by molar-refractivity contribution is 6.42. The van der Waals surface area contributed by atoms with Crippen molar-refractivity contribution in [3.63, 3.8) is 0 Å². The van der Waals surface area contributed by atoms with E-state index in [0.717, 1.165) is 11.1 Å². The van der Waals surface area contributed by atoms with E-state index >= 15 is 0 Å². The number of hydrazone groups is 1. The second-order valence-corrected chi connectivity index (χ2v) is 8.86. The molecule has 0 aliphatic heterocycles. The molecule has 1 unspecified atom stereocenters. The van der Waals surface area contributed by atoms with Crippen LogP contribution in [0.3, 0.4) is 0 Å². The molecule has 6 nitrogen and oxygen atoms in total. The molecule has 2 amide bonds. The first-order valence-corrected chi connectivity index (χ1v) is 11.5. The third-order valence-corrected chi connectivity index (χ3v) is 5.74. The lowest BCUT2D eigenvalue weighted by Gasteiger charge is -2.20. The zero-order chi connectivity index (χ0) is 25.4. The second-order valence-electron chi connectivity index (χ2n) is 8.04. The molecular weight excluding hydrogens is 492 g/mol. The topological polar surface area (TPSA) is 79.8 Å². The highest BCUT2D eigenvalue weighted by Gasteiger charge is 2.24. The number of carbonyl (C=O) groups is 2. The summed E-state index contributed by atoms with van der Waals surface area (Å²) in [5.41, 5.74) is 4.35. The van der Waals surface area contributed by atoms with Gasteiger partial charge in [0.1, 0.15) is 24.2 Å². The number of benzene rings is 3. The van der Waals surface area contributed by atoms with Crippen molar-refractivity contribution in [2.45, 2.75) is 26.5 Å². The molecule has 2 N–H and O–H groups in total. The van der Waals surface area contributed by atoms with Gasteiger partial charge in [0.25, 0.3) is 11.8 Å². The Kier molecular flexibility index (Phi) is 9.23. The molecule has 0 aliphatic carbocycles. The fraction of sp³-hybridized carbons (Fsp3) is 0.192. The number of nitrogens with one attached hydrogen (secondary N) is 2. The lowest BCUT2D eigenvalue weighted by molar-refractivity contribution is -0.123. The molecule has 0 saturated carbocycles. The van der Waals surface area contributed by atoms with Crippen molar-refractivity contribution in [1.82, 2.24) is 10.7 Å². The van der Waals surface area contributed by atoms with Gasteiger partial charge in [-0.3, -0.25) is 9.59 Å². The van der Waals surface area contributed by atoms with Gasteiger partial charge in [-0.05, 0) is 71.6 Å². The quantitative estimate of drug-likeness (QED) is 0.286. The first-order valence-electron chi connectivity index (χ1n) is 10.8. The molecule has 3 rings (SSSR count). The van der Waals surface area contributed by atoms with Crippen LogP contribution in [0.1, 0.15) is 35.3 Å². The van der Waals surface area contributed by atoms with E-state index in [-0.39, 0.29) is 16.8 Å². The number of nitrogens with zero attached hydrogens (tertiary/aromatic N) is 1. The number of amides is 2. The molecule has 3 aromatic rings. The minimum absolute atomic E-state index is 0.186. The van der Waals surface area contributed by atoms with Gasteiger partial charge in [0.2, 0.25) is 0 Å². The summed E-state index contributed by atoms with van der Waals surface area (Å²) in [4.78, 5) is 25.2. The predicted molar refractivity (Wildman–Crippen MR) is 135 cm³/mol. The molecular formula is C26H24Cl2FN3O3. The van der Waals surface area contributed by atoms with Gasteiger partial charge >= 0.3 is 0 Å². The van der Waals surface area contributed by atoms with E-state index in [1.54, 1.807) is 36.4 Å². The smallest absolute Gasteiger partial charge is 0.262 e. The lowest BCUT2D eigenvalue weighted by Crippen LogP contribution is -2.48. The van der Waals surface area contributed by atoms with E-state index in [1.165, 1.54) is 36.5 Å². The summed E-state index contributed by atoms with van der Waals surface area (Å²) < 4.78 is 18.7. The zero-order valence-corrected chi connectivity index (χ0v) is 20.6. The summed E-state index contributed by atoms with van der Waals surface area (Å²) in [7, 11) is 0. The number of carbonyl (C=O) groups excluding carboxylic acids is 2. The van der Waals surface area contributed by atoms with Crippen molar-refractivity contribution in [2.24, 2.45) is 11.0 Å². The van der Waals surface area contributed by atoms with Crippen molar-refractivity contribution in [3.8, 4) is 5.75 Å². The molecule has 182 valence electrons. The average molecular weight is 516 g/mol. The monoisotopic (exact) mass is 515 g/mol. The van der Waals surface area contributed by atoms with Crippen LogP contribution < -0.4 is 15.5 Å². The van der Waals surface area contributed by atoms with Crippen LogP contribution >= 0.6 is 23.2 Å². The molecule has 0 spiro atoms. The number of hydrogen-bond donors (Lipinski definition) is 2. The Hall–Kier alpha value is -3.42. The molecule has 0 radical (unpaired) electrons. The van der Waals surface area contributed by atoms with E-state index in [1.807, 2.05) is 13.8 Å². The van der Waals surface area contributed by atoms with Gasteiger partial charge < -0.3 is 10.1 Å².